The molecule has 3 heterocycles. The molecular formula is C14H18ClN3O5S. The van der Waals surface area contributed by atoms with Crippen LogP contribution in [0.25, 0.3) is 0 Å². The summed E-state index contributed by atoms with van der Waals surface area (Å²) >= 11 is 5.68. The summed E-state index contributed by atoms with van der Waals surface area (Å²) in [6.45, 7) is 4.08. The van der Waals surface area contributed by atoms with E-state index in [1.54, 1.807) is 18.7 Å². The largest absolute Gasteiger partial charge is 0.349 e. The van der Waals surface area contributed by atoms with Crippen molar-refractivity contribution >= 4 is 33.3 Å². The first-order chi connectivity index (χ1) is 11.2. The molecule has 0 unspecified atom stereocenters. The van der Waals surface area contributed by atoms with Crippen molar-refractivity contribution in [3.8, 4) is 0 Å². The molecule has 2 fully saturated rings. The lowest BCUT2D eigenvalue weighted by Gasteiger charge is -2.44. The van der Waals surface area contributed by atoms with Crippen LogP contribution in [0.15, 0.2) is 10.6 Å². The average Bonchev–Trinajstić information content (AvgIpc) is 3.06. The summed E-state index contributed by atoms with van der Waals surface area (Å²) in [6, 6.07) is 0.192. The van der Waals surface area contributed by atoms with Gasteiger partial charge in [0.1, 0.15) is 0 Å². The second-order valence-corrected chi connectivity index (χ2v) is 8.95. The van der Waals surface area contributed by atoms with E-state index in [2.05, 4.69) is 5.16 Å². The molecule has 132 valence electrons. The highest BCUT2D eigenvalue weighted by Crippen LogP contribution is 2.29. The van der Waals surface area contributed by atoms with Gasteiger partial charge in [-0.3, -0.25) is 9.59 Å². The molecular weight excluding hydrogens is 358 g/mol. The van der Waals surface area contributed by atoms with Crippen molar-refractivity contribution in [3.63, 3.8) is 0 Å². The Bertz CT molecular complexity index is 775. The molecule has 1 aromatic rings. The van der Waals surface area contributed by atoms with Crippen molar-refractivity contribution < 1.29 is 22.5 Å². The van der Waals surface area contributed by atoms with Crippen LogP contribution >= 0.6 is 11.6 Å². The van der Waals surface area contributed by atoms with Gasteiger partial charge in [0.05, 0.1) is 23.6 Å². The van der Waals surface area contributed by atoms with Crippen LogP contribution in [0.2, 0.25) is 5.15 Å². The van der Waals surface area contributed by atoms with Crippen LogP contribution in [0, 0.1) is 5.92 Å². The number of nitrogens with zero attached hydrogens (tertiary/aromatic N) is 3. The first-order valence-corrected chi connectivity index (χ1v) is 9.83. The summed E-state index contributed by atoms with van der Waals surface area (Å²) in [5.41, 5.74) is 0. The third kappa shape index (κ3) is 3.02. The Morgan fingerprint density at radius 3 is 2.38 bits per heavy atom. The molecule has 3 rings (SSSR count). The molecule has 0 aliphatic carbocycles. The van der Waals surface area contributed by atoms with Crippen LogP contribution in [-0.2, 0) is 14.6 Å². The number of amides is 2. The Labute approximate surface area is 144 Å². The average molecular weight is 376 g/mol. The first kappa shape index (κ1) is 17.2. The van der Waals surface area contributed by atoms with Crippen LogP contribution in [0.4, 0.5) is 0 Å². The predicted octanol–water partition coefficient (Wildman–Crippen LogP) is 0.434. The fourth-order valence-corrected chi connectivity index (χ4v) is 5.42. The van der Waals surface area contributed by atoms with E-state index in [0.29, 0.717) is 6.54 Å². The number of hydrogen-bond donors (Lipinski definition) is 0. The molecule has 24 heavy (non-hydrogen) atoms. The van der Waals surface area contributed by atoms with Crippen LogP contribution in [0.5, 0.6) is 0 Å². The van der Waals surface area contributed by atoms with E-state index < -0.39 is 27.8 Å². The van der Waals surface area contributed by atoms with Gasteiger partial charge in [-0.15, -0.1) is 0 Å². The van der Waals surface area contributed by atoms with E-state index in [1.807, 2.05) is 0 Å². The van der Waals surface area contributed by atoms with Gasteiger partial charge in [0.2, 0.25) is 11.7 Å². The summed E-state index contributed by atoms with van der Waals surface area (Å²) in [4.78, 5) is 28.0. The van der Waals surface area contributed by atoms with Crippen molar-refractivity contribution in [2.45, 2.75) is 25.9 Å². The smallest absolute Gasteiger partial charge is 0.292 e. The molecule has 2 aliphatic heterocycles. The number of rotatable bonds is 2. The Kier molecular flexibility index (Phi) is 4.33. The molecule has 0 saturated carbocycles. The number of aromatic nitrogens is 1. The van der Waals surface area contributed by atoms with Crippen molar-refractivity contribution in [1.82, 2.24) is 15.0 Å². The zero-order chi connectivity index (χ0) is 17.6. The number of fused-ring (bicyclic) bond motifs is 1. The van der Waals surface area contributed by atoms with E-state index in [4.69, 9.17) is 16.1 Å². The van der Waals surface area contributed by atoms with Gasteiger partial charge in [0.25, 0.3) is 5.91 Å². The molecule has 10 heteroatoms. The molecule has 2 saturated heterocycles. The fraction of sp³-hybridized carbons (Fsp3) is 0.643. The molecule has 0 aromatic carbocycles. The molecule has 2 atom stereocenters. The second kappa shape index (κ2) is 6.03. The first-order valence-electron chi connectivity index (χ1n) is 7.63. The van der Waals surface area contributed by atoms with Crippen molar-refractivity contribution in [1.29, 1.82) is 0 Å². The van der Waals surface area contributed by atoms with Gasteiger partial charge in [0.15, 0.2) is 15.0 Å². The highest BCUT2D eigenvalue weighted by Gasteiger charge is 2.50. The standard InChI is InChI=1S/C14H18ClN3O5S/c1-8(2)13(19)17-3-4-18(10-7-24(21,22)6-9(10)17)14(20)11-5-12(15)16-23-11/h5,8-10H,3-4,6-7H2,1-2H3/t9-,10+/m1/s1. The van der Waals surface area contributed by atoms with Crippen molar-refractivity contribution in [3.05, 3.63) is 17.0 Å². The zero-order valence-electron chi connectivity index (χ0n) is 13.3. The minimum absolute atomic E-state index is 0.0355. The number of sulfone groups is 1. The molecule has 0 bridgehead atoms. The molecule has 1 aromatic heterocycles. The SMILES string of the molecule is CC(C)C(=O)N1CCN(C(=O)c2cc(Cl)no2)[C@H]2CS(=O)(=O)C[C@H]21. The minimum Gasteiger partial charge on any atom is -0.349 e. The third-order valence-corrected chi connectivity index (χ3v) is 6.28. The van der Waals surface area contributed by atoms with E-state index in [-0.39, 0.29) is 40.8 Å². The number of piperazine rings is 1. The van der Waals surface area contributed by atoms with Gasteiger partial charge in [-0.05, 0) is 0 Å². The Hall–Kier alpha value is -1.61. The van der Waals surface area contributed by atoms with Crippen molar-refractivity contribution in [2.24, 2.45) is 5.92 Å². The third-order valence-electron chi connectivity index (χ3n) is 4.41. The van der Waals surface area contributed by atoms with E-state index in [9.17, 15) is 18.0 Å². The molecule has 0 spiro atoms. The lowest BCUT2D eigenvalue weighted by atomic mass is 10.0. The normalized spacial score (nSPS) is 25.8. The lowest BCUT2D eigenvalue weighted by Crippen LogP contribution is -2.62. The van der Waals surface area contributed by atoms with Crippen molar-refractivity contribution in [2.75, 3.05) is 24.6 Å². The summed E-state index contributed by atoms with van der Waals surface area (Å²) in [6.07, 6.45) is 0. The Balaban J connectivity index is 1.90. The van der Waals surface area contributed by atoms with E-state index >= 15 is 0 Å². The van der Waals surface area contributed by atoms with Crippen LogP contribution in [0.1, 0.15) is 24.4 Å². The van der Waals surface area contributed by atoms with E-state index in [1.165, 1.54) is 11.0 Å². The van der Waals surface area contributed by atoms with Crippen LogP contribution in [0.3, 0.4) is 0 Å². The Morgan fingerprint density at radius 2 is 1.83 bits per heavy atom. The summed E-state index contributed by atoms with van der Waals surface area (Å²) in [5.74, 6) is -1.12. The number of halogens is 1. The predicted molar refractivity (Wildman–Crippen MR) is 85.3 cm³/mol. The summed E-state index contributed by atoms with van der Waals surface area (Å²) < 4.78 is 29.1. The maximum Gasteiger partial charge on any atom is 0.292 e. The van der Waals surface area contributed by atoms with Gasteiger partial charge >= 0.3 is 0 Å². The molecule has 2 aliphatic rings. The quantitative estimate of drug-likeness (QED) is 0.743. The molecule has 0 radical (unpaired) electrons. The molecule has 0 N–H and O–H groups in total. The Morgan fingerprint density at radius 1 is 1.25 bits per heavy atom. The topological polar surface area (TPSA) is 101 Å². The van der Waals surface area contributed by atoms with Gasteiger partial charge in [-0.2, -0.15) is 0 Å². The number of hydrogen-bond acceptors (Lipinski definition) is 6. The maximum atomic E-state index is 12.6. The second-order valence-electron chi connectivity index (χ2n) is 6.41. The molecule has 2 amide bonds. The highest BCUT2D eigenvalue weighted by atomic mass is 35.5. The van der Waals surface area contributed by atoms with Gasteiger partial charge < -0.3 is 14.3 Å². The monoisotopic (exact) mass is 375 g/mol. The van der Waals surface area contributed by atoms with Crippen LogP contribution < -0.4 is 0 Å². The zero-order valence-corrected chi connectivity index (χ0v) is 14.9. The minimum atomic E-state index is -3.32. The van der Waals surface area contributed by atoms with Gasteiger partial charge in [-0.1, -0.05) is 30.6 Å². The maximum absolute atomic E-state index is 12.6. The van der Waals surface area contributed by atoms with Gasteiger partial charge in [0, 0.05) is 25.1 Å². The number of carbonyl (C=O) groups excluding carboxylic acids is 2. The van der Waals surface area contributed by atoms with Gasteiger partial charge in [-0.25, -0.2) is 8.42 Å². The summed E-state index contributed by atoms with van der Waals surface area (Å²) in [5, 5.41) is 3.53. The van der Waals surface area contributed by atoms with E-state index in [0.717, 1.165) is 0 Å². The fourth-order valence-electron chi connectivity index (χ4n) is 3.31. The highest BCUT2D eigenvalue weighted by molar-refractivity contribution is 7.91. The van der Waals surface area contributed by atoms with Crippen LogP contribution in [-0.4, -0.2) is 71.9 Å². The molecule has 8 nitrogen and oxygen atoms in total. The number of carbonyl (C=O) groups is 2. The lowest BCUT2D eigenvalue weighted by molar-refractivity contribution is -0.139. The summed E-state index contributed by atoms with van der Waals surface area (Å²) in [7, 11) is -3.32.